The van der Waals surface area contributed by atoms with Gasteiger partial charge in [0.15, 0.2) is 0 Å². The van der Waals surface area contributed by atoms with E-state index in [4.69, 9.17) is 0 Å². The highest BCUT2D eigenvalue weighted by Crippen LogP contribution is 2.10. The number of unbranched alkanes of at least 4 members (excludes halogenated alkanes) is 1. The van der Waals surface area contributed by atoms with Crippen LogP contribution in [0.5, 0.6) is 0 Å². The number of carbonyl (C=O) groups excluding carboxylic acids is 1. The Morgan fingerprint density at radius 2 is 2.20 bits per heavy atom. The normalized spacial score (nSPS) is 11.9. The summed E-state index contributed by atoms with van der Waals surface area (Å²) in [5, 5.41) is 0. The first-order chi connectivity index (χ1) is 7.24. The lowest BCUT2D eigenvalue weighted by molar-refractivity contribution is -0.134. The first-order valence-corrected chi connectivity index (χ1v) is 5.50. The molecular formula is C13H20O2. The number of allylic oxidation sites excluding steroid dienone is 1. The summed E-state index contributed by atoms with van der Waals surface area (Å²) in [5.74, 6) is 6.11. The quantitative estimate of drug-likeness (QED) is 0.394. The molecule has 15 heavy (non-hydrogen) atoms. The minimum Gasteiger partial charge on any atom is -0.466 e. The van der Waals surface area contributed by atoms with E-state index in [1.54, 1.807) is 6.08 Å². The van der Waals surface area contributed by atoms with Gasteiger partial charge in [0, 0.05) is 12.0 Å². The van der Waals surface area contributed by atoms with E-state index in [2.05, 4.69) is 30.4 Å². The molecule has 0 aromatic carbocycles. The number of esters is 1. The molecule has 0 aliphatic carbocycles. The molecule has 0 saturated heterocycles. The van der Waals surface area contributed by atoms with Gasteiger partial charge in [-0.15, -0.1) is 0 Å². The average Bonchev–Trinajstić information content (AvgIpc) is 2.27. The van der Waals surface area contributed by atoms with Crippen molar-refractivity contribution in [2.75, 3.05) is 7.11 Å². The Hall–Kier alpha value is -1.23. The van der Waals surface area contributed by atoms with Gasteiger partial charge in [0.1, 0.15) is 0 Å². The fourth-order valence-electron chi connectivity index (χ4n) is 1.17. The SMILES string of the molecule is CCCCC(C#C/C=C/C(=O)OC)CC. The molecule has 0 aromatic rings. The Kier molecular flexibility index (Phi) is 8.56. The van der Waals surface area contributed by atoms with Gasteiger partial charge in [-0.25, -0.2) is 4.79 Å². The van der Waals surface area contributed by atoms with Gasteiger partial charge in [0.25, 0.3) is 0 Å². The lowest BCUT2D eigenvalue weighted by Crippen LogP contribution is -1.94. The van der Waals surface area contributed by atoms with E-state index < -0.39 is 0 Å². The van der Waals surface area contributed by atoms with Gasteiger partial charge in [-0.05, 0) is 18.9 Å². The maximum Gasteiger partial charge on any atom is 0.331 e. The van der Waals surface area contributed by atoms with Crippen LogP contribution in [-0.2, 0) is 9.53 Å². The Bertz CT molecular complexity index is 255. The first kappa shape index (κ1) is 13.8. The van der Waals surface area contributed by atoms with E-state index in [1.165, 1.54) is 26.0 Å². The highest BCUT2D eigenvalue weighted by Gasteiger charge is 1.99. The van der Waals surface area contributed by atoms with Crippen LogP contribution in [0.4, 0.5) is 0 Å². The van der Waals surface area contributed by atoms with Crippen molar-refractivity contribution < 1.29 is 9.53 Å². The highest BCUT2D eigenvalue weighted by molar-refractivity contribution is 5.82. The molecule has 0 radical (unpaired) electrons. The van der Waals surface area contributed by atoms with E-state index in [-0.39, 0.29) is 5.97 Å². The standard InChI is InChI=1S/C13H20O2/c1-4-6-9-12(5-2)10-7-8-11-13(14)15-3/h8,11-12H,4-6,9H2,1-3H3/b11-8+. The molecule has 0 saturated carbocycles. The van der Waals surface area contributed by atoms with Crippen molar-refractivity contribution in [1.82, 2.24) is 0 Å². The summed E-state index contributed by atoms with van der Waals surface area (Å²) in [6, 6.07) is 0. The number of carbonyl (C=O) groups is 1. The van der Waals surface area contributed by atoms with Gasteiger partial charge in [-0.1, -0.05) is 38.5 Å². The molecule has 0 aliphatic heterocycles. The lowest BCUT2D eigenvalue weighted by atomic mass is 10.0. The van der Waals surface area contributed by atoms with Crippen LogP contribution in [0, 0.1) is 17.8 Å². The maximum atomic E-state index is 10.7. The second kappa shape index (κ2) is 9.33. The minimum absolute atomic E-state index is 0.356. The molecule has 2 nitrogen and oxygen atoms in total. The highest BCUT2D eigenvalue weighted by atomic mass is 16.5. The third-order valence-corrected chi connectivity index (χ3v) is 2.19. The van der Waals surface area contributed by atoms with E-state index in [9.17, 15) is 4.79 Å². The summed E-state index contributed by atoms with van der Waals surface area (Å²) in [6.45, 7) is 4.32. The number of methoxy groups -OCH3 is 1. The van der Waals surface area contributed by atoms with Crippen molar-refractivity contribution in [3.8, 4) is 11.8 Å². The zero-order valence-electron chi connectivity index (χ0n) is 9.88. The van der Waals surface area contributed by atoms with Gasteiger partial charge in [-0.3, -0.25) is 0 Å². The van der Waals surface area contributed by atoms with Crippen molar-refractivity contribution >= 4 is 5.97 Å². The van der Waals surface area contributed by atoms with Crippen LogP contribution in [0.15, 0.2) is 12.2 Å². The number of hydrogen-bond acceptors (Lipinski definition) is 2. The molecule has 1 unspecified atom stereocenters. The summed E-state index contributed by atoms with van der Waals surface area (Å²) < 4.78 is 4.45. The van der Waals surface area contributed by atoms with Gasteiger partial charge < -0.3 is 4.74 Å². The third-order valence-electron chi connectivity index (χ3n) is 2.19. The van der Waals surface area contributed by atoms with Gasteiger partial charge in [0.05, 0.1) is 7.11 Å². The van der Waals surface area contributed by atoms with E-state index in [0.29, 0.717) is 5.92 Å². The second-order valence-corrected chi connectivity index (χ2v) is 3.39. The van der Waals surface area contributed by atoms with Crippen LogP contribution in [0.25, 0.3) is 0 Å². The topological polar surface area (TPSA) is 26.3 Å². The van der Waals surface area contributed by atoms with Crippen LogP contribution in [0.1, 0.15) is 39.5 Å². The van der Waals surface area contributed by atoms with E-state index in [0.717, 1.165) is 12.8 Å². The zero-order chi connectivity index (χ0) is 11.5. The largest absolute Gasteiger partial charge is 0.466 e. The molecule has 0 amide bonds. The molecule has 84 valence electrons. The van der Waals surface area contributed by atoms with Crippen LogP contribution in [-0.4, -0.2) is 13.1 Å². The number of ether oxygens (including phenoxy) is 1. The molecule has 0 spiro atoms. The van der Waals surface area contributed by atoms with Crippen LogP contribution >= 0.6 is 0 Å². The third kappa shape index (κ3) is 7.81. The average molecular weight is 208 g/mol. The fraction of sp³-hybridized carbons (Fsp3) is 0.615. The molecule has 1 atom stereocenters. The summed E-state index contributed by atoms with van der Waals surface area (Å²) in [7, 11) is 1.36. The van der Waals surface area contributed by atoms with E-state index in [1.807, 2.05) is 0 Å². The lowest BCUT2D eigenvalue weighted by Gasteiger charge is -2.04. The van der Waals surface area contributed by atoms with Crippen molar-refractivity contribution in [3.05, 3.63) is 12.2 Å². The van der Waals surface area contributed by atoms with Gasteiger partial charge in [0.2, 0.25) is 0 Å². The molecular weight excluding hydrogens is 188 g/mol. The molecule has 0 aromatic heterocycles. The van der Waals surface area contributed by atoms with Crippen molar-refractivity contribution in [2.24, 2.45) is 5.92 Å². The molecule has 0 N–H and O–H groups in total. The first-order valence-electron chi connectivity index (χ1n) is 5.50. The maximum absolute atomic E-state index is 10.7. The number of hydrogen-bond donors (Lipinski definition) is 0. The minimum atomic E-state index is -0.356. The molecule has 0 aliphatic rings. The predicted molar refractivity (Wildman–Crippen MR) is 62.2 cm³/mol. The summed E-state index contributed by atoms with van der Waals surface area (Å²) >= 11 is 0. The van der Waals surface area contributed by atoms with Crippen molar-refractivity contribution in [3.63, 3.8) is 0 Å². The Morgan fingerprint density at radius 1 is 1.47 bits per heavy atom. The van der Waals surface area contributed by atoms with Crippen LogP contribution < -0.4 is 0 Å². The Labute approximate surface area is 92.7 Å². The molecule has 2 heteroatoms. The molecule has 0 bridgehead atoms. The molecule has 0 fully saturated rings. The van der Waals surface area contributed by atoms with Crippen molar-refractivity contribution in [1.29, 1.82) is 0 Å². The van der Waals surface area contributed by atoms with Crippen LogP contribution in [0.3, 0.4) is 0 Å². The molecule has 0 heterocycles. The Morgan fingerprint density at radius 3 is 2.73 bits per heavy atom. The summed E-state index contributed by atoms with van der Waals surface area (Å²) in [6.07, 6.45) is 7.54. The van der Waals surface area contributed by atoms with Gasteiger partial charge >= 0.3 is 5.97 Å². The van der Waals surface area contributed by atoms with Gasteiger partial charge in [-0.2, -0.15) is 0 Å². The smallest absolute Gasteiger partial charge is 0.331 e. The van der Waals surface area contributed by atoms with Crippen molar-refractivity contribution in [2.45, 2.75) is 39.5 Å². The predicted octanol–water partition coefficient (Wildman–Crippen LogP) is 2.94. The molecule has 0 rings (SSSR count). The monoisotopic (exact) mass is 208 g/mol. The van der Waals surface area contributed by atoms with Crippen LogP contribution in [0.2, 0.25) is 0 Å². The Balaban J connectivity index is 4.00. The fourth-order valence-corrected chi connectivity index (χ4v) is 1.17. The summed E-state index contributed by atoms with van der Waals surface area (Å²) in [4.78, 5) is 10.7. The summed E-state index contributed by atoms with van der Waals surface area (Å²) in [5.41, 5.74) is 0. The zero-order valence-corrected chi connectivity index (χ0v) is 9.88. The number of rotatable bonds is 5. The van der Waals surface area contributed by atoms with E-state index >= 15 is 0 Å². The second-order valence-electron chi connectivity index (χ2n) is 3.39.